The molecular formula is C15H21FN2O2. The molecule has 4 nitrogen and oxygen atoms in total. The number of nitrogens with zero attached hydrogens (tertiary/aromatic N) is 1. The van der Waals surface area contributed by atoms with Crippen LogP contribution in [0, 0.1) is 5.82 Å². The van der Waals surface area contributed by atoms with E-state index in [2.05, 4.69) is 5.32 Å². The first-order chi connectivity index (χ1) is 9.49. The summed E-state index contributed by atoms with van der Waals surface area (Å²) < 4.78 is 13.0. The van der Waals surface area contributed by atoms with Gasteiger partial charge in [0.1, 0.15) is 11.6 Å². The summed E-state index contributed by atoms with van der Waals surface area (Å²) in [6, 6.07) is 3.38. The number of aromatic hydroxyl groups is 1. The van der Waals surface area contributed by atoms with Crippen molar-refractivity contribution in [1.82, 2.24) is 10.2 Å². The van der Waals surface area contributed by atoms with Gasteiger partial charge in [-0.3, -0.25) is 10.1 Å². The van der Waals surface area contributed by atoms with Gasteiger partial charge >= 0.3 is 0 Å². The van der Waals surface area contributed by atoms with Gasteiger partial charge in [-0.15, -0.1) is 0 Å². The first-order valence-corrected chi connectivity index (χ1v) is 7.02. The Kier molecular flexibility index (Phi) is 4.60. The Labute approximate surface area is 118 Å². The van der Waals surface area contributed by atoms with Crippen molar-refractivity contribution < 1.29 is 14.3 Å². The number of benzene rings is 1. The van der Waals surface area contributed by atoms with Gasteiger partial charge in [0.25, 0.3) is 0 Å². The quantitative estimate of drug-likeness (QED) is 0.889. The number of likely N-dealkylation sites (tertiary alicyclic amines) is 1. The van der Waals surface area contributed by atoms with E-state index in [-0.39, 0.29) is 23.7 Å². The number of amides is 1. The highest BCUT2D eigenvalue weighted by atomic mass is 19.1. The zero-order valence-corrected chi connectivity index (χ0v) is 11.9. The van der Waals surface area contributed by atoms with Crippen molar-refractivity contribution in [3.05, 3.63) is 29.6 Å². The standard InChI is InChI=1S/C15H21FN2O2/c1-10(13-6-5-12(16)9-14(13)19)17-11(2)15(20)18-7-3-4-8-18/h5-6,9-11,17,19H,3-4,7-8H2,1-2H3. The largest absolute Gasteiger partial charge is 0.508 e. The lowest BCUT2D eigenvalue weighted by molar-refractivity contribution is -0.132. The number of carbonyl (C=O) groups excluding carboxylic acids is 1. The van der Waals surface area contributed by atoms with E-state index in [1.54, 1.807) is 0 Å². The van der Waals surface area contributed by atoms with E-state index in [1.165, 1.54) is 12.1 Å². The lowest BCUT2D eigenvalue weighted by Crippen LogP contribution is -2.44. The van der Waals surface area contributed by atoms with Crippen LogP contribution in [0.1, 0.15) is 38.3 Å². The smallest absolute Gasteiger partial charge is 0.239 e. The summed E-state index contributed by atoms with van der Waals surface area (Å²) in [6.07, 6.45) is 2.12. The third kappa shape index (κ3) is 3.28. The fourth-order valence-corrected chi connectivity index (χ4v) is 2.63. The zero-order chi connectivity index (χ0) is 14.7. The number of halogens is 1. The predicted molar refractivity (Wildman–Crippen MR) is 74.9 cm³/mol. The Morgan fingerprint density at radius 3 is 2.60 bits per heavy atom. The van der Waals surface area contributed by atoms with Gasteiger partial charge in [0, 0.05) is 30.8 Å². The normalized spacial score (nSPS) is 18.1. The average molecular weight is 280 g/mol. The minimum Gasteiger partial charge on any atom is -0.508 e. The van der Waals surface area contributed by atoms with Gasteiger partial charge in [-0.1, -0.05) is 6.07 Å². The zero-order valence-electron chi connectivity index (χ0n) is 11.9. The Balaban J connectivity index is 1.99. The van der Waals surface area contributed by atoms with E-state index in [0.717, 1.165) is 32.0 Å². The van der Waals surface area contributed by atoms with Crippen LogP contribution in [0.3, 0.4) is 0 Å². The first-order valence-electron chi connectivity index (χ1n) is 7.02. The fourth-order valence-electron chi connectivity index (χ4n) is 2.63. The molecule has 1 amide bonds. The summed E-state index contributed by atoms with van der Waals surface area (Å²) >= 11 is 0. The molecule has 0 bridgehead atoms. The summed E-state index contributed by atoms with van der Waals surface area (Å²) in [5.41, 5.74) is 0.590. The molecule has 1 aromatic rings. The summed E-state index contributed by atoms with van der Waals surface area (Å²) in [6.45, 7) is 5.31. The van der Waals surface area contributed by atoms with Crippen molar-refractivity contribution in [1.29, 1.82) is 0 Å². The molecule has 1 aliphatic rings. The maximum Gasteiger partial charge on any atom is 0.239 e. The van der Waals surface area contributed by atoms with E-state index in [4.69, 9.17) is 0 Å². The predicted octanol–water partition coefficient (Wildman–Crippen LogP) is 2.19. The fraction of sp³-hybridized carbons (Fsp3) is 0.533. The third-order valence-electron chi connectivity index (χ3n) is 3.75. The number of rotatable bonds is 4. The monoisotopic (exact) mass is 280 g/mol. The minimum absolute atomic E-state index is 0.0796. The van der Waals surface area contributed by atoms with E-state index >= 15 is 0 Å². The number of phenolic OH excluding ortho intramolecular Hbond substituents is 1. The van der Waals surface area contributed by atoms with Crippen LogP contribution in [0.25, 0.3) is 0 Å². The van der Waals surface area contributed by atoms with E-state index in [0.29, 0.717) is 5.56 Å². The molecule has 110 valence electrons. The van der Waals surface area contributed by atoms with Crippen molar-refractivity contribution in [2.75, 3.05) is 13.1 Å². The molecule has 1 aromatic carbocycles. The summed E-state index contributed by atoms with van der Waals surface area (Å²) in [7, 11) is 0. The van der Waals surface area contributed by atoms with Gasteiger partial charge < -0.3 is 10.0 Å². The number of hydrogen-bond acceptors (Lipinski definition) is 3. The average Bonchev–Trinajstić information content (AvgIpc) is 2.91. The molecule has 2 unspecified atom stereocenters. The molecular weight excluding hydrogens is 259 g/mol. The molecule has 0 saturated carbocycles. The first kappa shape index (κ1) is 14.8. The molecule has 2 rings (SSSR count). The molecule has 20 heavy (non-hydrogen) atoms. The lowest BCUT2D eigenvalue weighted by Gasteiger charge is -2.24. The van der Waals surface area contributed by atoms with Gasteiger partial charge in [-0.25, -0.2) is 4.39 Å². The highest BCUT2D eigenvalue weighted by Gasteiger charge is 2.24. The second-order valence-corrected chi connectivity index (χ2v) is 5.35. The number of hydrogen-bond donors (Lipinski definition) is 2. The molecule has 2 N–H and O–H groups in total. The van der Waals surface area contributed by atoms with Crippen molar-refractivity contribution in [3.63, 3.8) is 0 Å². The van der Waals surface area contributed by atoms with E-state index < -0.39 is 5.82 Å². The Morgan fingerprint density at radius 2 is 2.00 bits per heavy atom. The molecule has 1 saturated heterocycles. The van der Waals surface area contributed by atoms with Crippen LogP contribution >= 0.6 is 0 Å². The highest BCUT2D eigenvalue weighted by Crippen LogP contribution is 2.25. The molecule has 1 aliphatic heterocycles. The molecule has 1 fully saturated rings. The molecule has 1 heterocycles. The number of phenols is 1. The van der Waals surface area contributed by atoms with Gasteiger partial charge in [0.05, 0.1) is 6.04 Å². The van der Waals surface area contributed by atoms with Crippen LogP contribution in [0.4, 0.5) is 4.39 Å². The molecule has 0 radical (unpaired) electrons. The molecule has 5 heteroatoms. The summed E-state index contributed by atoms with van der Waals surface area (Å²) in [4.78, 5) is 14.0. The van der Waals surface area contributed by atoms with Gasteiger partial charge in [0.2, 0.25) is 5.91 Å². The maximum absolute atomic E-state index is 13.0. The van der Waals surface area contributed by atoms with E-state index in [1.807, 2.05) is 18.7 Å². The Hall–Kier alpha value is -1.62. The van der Waals surface area contributed by atoms with Crippen LogP contribution in [0.15, 0.2) is 18.2 Å². The van der Waals surface area contributed by atoms with Crippen molar-refractivity contribution >= 4 is 5.91 Å². The SMILES string of the molecule is CC(NC(C)c1ccc(F)cc1O)C(=O)N1CCCC1. The van der Waals surface area contributed by atoms with Gasteiger partial charge in [-0.05, 0) is 32.8 Å². The topological polar surface area (TPSA) is 52.6 Å². The van der Waals surface area contributed by atoms with Crippen LogP contribution < -0.4 is 5.32 Å². The second kappa shape index (κ2) is 6.22. The van der Waals surface area contributed by atoms with Crippen LogP contribution in [0.5, 0.6) is 5.75 Å². The number of nitrogens with one attached hydrogen (secondary N) is 1. The van der Waals surface area contributed by atoms with Crippen molar-refractivity contribution in [2.45, 2.75) is 38.8 Å². The van der Waals surface area contributed by atoms with Gasteiger partial charge in [0.15, 0.2) is 0 Å². The Bertz CT molecular complexity index is 487. The van der Waals surface area contributed by atoms with E-state index in [9.17, 15) is 14.3 Å². The van der Waals surface area contributed by atoms with Crippen LogP contribution in [-0.2, 0) is 4.79 Å². The highest BCUT2D eigenvalue weighted by molar-refractivity contribution is 5.81. The summed E-state index contributed by atoms with van der Waals surface area (Å²) in [5.74, 6) is -0.485. The maximum atomic E-state index is 13.0. The molecule has 0 aromatic heterocycles. The third-order valence-corrected chi connectivity index (χ3v) is 3.75. The number of carbonyl (C=O) groups is 1. The van der Waals surface area contributed by atoms with Crippen molar-refractivity contribution in [2.24, 2.45) is 0 Å². The van der Waals surface area contributed by atoms with Crippen molar-refractivity contribution in [3.8, 4) is 5.75 Å². The van der Waals surface area contributed by atoms with Gasteiger partial charge in [-0.2, -0.15) is 0 Å². The van der Waals surface area contributed by atoms with Crippen LogP contribution in [-0.4, -0.2) is 35.0 Å². The summed E-state index contributed by atoms with van der Waals surface area (Å²) in [5, 5.41) is 12.9. The molecule has 0 spiro atoms. The van der Waals surface area contributed by atoms with Crippen LogP contribution in [0.2, 0.25) is 0 Å². The Morgan fingerprint density at radius 1 is 1.35 bits per heavy atom. The lowest BCUT2D eigenvalue weighted by atomic mass is 10.1. The molecule has 0 aliphatic carbocycles. The second-order valence-electron chi connectivity index (χ2n) is 5.35. The molecule has 2 atom stereocenters. The minimum atomic E-state index is -0.473.